The number of nitrogens with one attached hydrogen (secondary N) is 1. The molecule has 4 rings (SSSR count). The monoisotopic (exact) mass is 561 g/mol. The lowest BCUT2D eigenvalue weighted by Gasteiger charge is -2.22. The smallest absolute Gasteiger partial charge is 0.383 e. The Kier molecular flexibility index (Phi) is 8.44. The summed E-state index contributed by atoms with van der Waals surface area (Å²) in [5.74, 6) is -0.629. The zero-order valence-electron chi connectivity index (χ0n) is 20.3. The number of carbonyl (C=O) groups excluding carboxylic acids is 1. The molecular weight excluding hydrogens is 539 g/mol. The van der Waals surface area contributed by atoms with E-state index in [1.165, 1.54) is 11.7 Å². The Morgan fingerprint density at radius 3 is 2.47 bits per heavy atom. The summed E-state index contributed by atoms with van der Waals surface area (Å²) in [4.78, 5) is 31.7. The van der Waals surface area contributed by atoms with E-state index >= 15 is 0 Å². The number of halogens is 4. The van der Waals surface area contributed by atoms with Gasteiger partial charge in [-0.15, -0.1) is 0 Å². The number of ether oxygens (including phenoxy) is 1. The number of alkyl halides is 3. The molecule has 0 radical (unpaired) electrons. The van der Waals surface area contributed by atoms with Crippen molar-refractivity contribution in [3.8, 4) is 0 Å². The minimum atomic E-state index is -4.61. The molecule has 38 heavy (non-hydrogen) atoms. The summed E-state index contributed by atoms with van der Waals surface area (Å²) in [5, 5.41) is 2.19. The van der Waals surface area contributed by atoms with Crippen LogP contribution >= 0.6 is 23.4 Å². The van der Waals surface area contributed by atoms with E-state index in [2.05, 4.69) is 10.3 Å². The third kappa shape index (κ3) is 6.03. The van der Waals surface area contributed by atoms with Gasteiger partial charge in [0, 0.05) is 7.11 Å². The van der Waals surface area contributed by atoms with Crippen LogP contribution in [0.1, 0.15) is 29.3 Å². The summed E-state index contributed by atoms with van der Waals surface area (Å²) in [6, 6.07) is 17.9. The number of aromatic nitrogens is 2. The summed E-state index contributed by atoms with van der Waals surface area (Å²) in [5.41, 5.74) is -0.402. The lowest BCUT2D eigenvalue weighted by atomic mass is 10.1. The van der Waals surface area contributed by atoms with Crippen LogP contribution in [0.4, 0.5) is 18.9 Å². The fourth-order valence-corrected chi connectivity index (χ4v) is 5.28. The van der Waals surface area contributed by atoms with E-state index in [0.717, 1.165) is 30.0 Å². The highest BCUT2D eigenvalue weighted by molar-refractivity contribution is 8.00. The molecule has 0 fully saturated rings. The Bertz CT molecular complexity index is 1510. The van der Waals surface area contributed by atoms with Crippen molar-refractivity contribution in [2.75, 3.05) is 19.0 Å². The van der Waals surface area contributed by atoms with E-state index in [0.29, 0.717) is 16.5 Å². The highest BCUT2D eigenvalue weighted by Crippen LogP contribution is 2.38. The number of rotatable bonds is 8. The summed E-state index contributed by atoms with van der Waals surface area (Å²) in [7, 11) is 1.52. The average molecular weight is 562 g/mol. The summed E-state index contributed by atoms with van der Waals surface area (Å²) in [6.07, 6.45) is -4.61. The Balaban J connectivity index is 1.79. The van der Waals surface area contributed by atoms with Crippen LogP contribution in [-0.4, -0.2) is 29.2 Å². The van der Waals surface area contributed by atoms with Gasteiger partial charge in [-0.2, -0.15) is 13.2 Å². The highest BCUT2D eigenvalue weighted by atomic mass is 35.5. The SMILES string of the molecule is COCC(C)n1c(SC(C(=O)Nc2cc(C(F)(F)F)ccc2Cl)c2ccccc2)nc2ccccc2c1=O. The maximum Gasteiger partial charge on any atom is 0.416 e. The minimum absolute atomic E-state index is 0.0439. The third-order valence-electron chi connectivity index (χ3n) is 5.74. The Labute approximate surface area is 225 Å². The molecule has 3 aromatic carbocycles. The van der Waals surface area contributed by atoms with Gasteiger partial charge in [-0.3, -0.25) is 14.2 Å². The van der Waals surface area contributed by atoms with Crippen molar-refractivity contribution in [3.05, 3.63) is 99.3 Å². The number of carbonyl (C=O) groups is 1. The number of amides is 1. The normalized spacial score (nSPS) is 13.3. The van der Waals surface area contributed by atoms with E-state index in [9.17, 15) is 22.8 Å². The molecule has 0 saturated carbocycles. The summed E-state index contributed by atoms with van der Waals surface area (Å²) >= 11 is 7.14. The maximum absolute atomic E-state index is 13.6. The molecule has 0 aliphatic carbocycles. The quantitative estimate of drug-likeness (QED) is 0.190. The van der Waals surface area contributed by atoms with E-state index in [4.69, 9.17) is 16.3 Å². The molecule has 6 nitrogen and oxygen atoms in total. The molecule has 2 unspecified atom stereocenters. The number of hydrogen-bond donors (Lipinski definition) is 1. The molecule has 0 spiro atoms. The first-order chi connectivity index (χ1) is 18.1. The van der Waals surface area contributed by atoms with Crippen LogP contribution in [0.15, 0.2) is 82.7 Å². The van der Waals surface area contributed by atoms with E-state index < -0.39 is 28.9 Å². The van der Waals surface area contributed by atoms with Gasteiger partial charge in [-0.1, -0.05) is 65.8 Å². The van der Waals surface area contributed by atoms with Crippen molar-refractivity contribution in [2.24, 2.45) is 0 Å². The Morgan fingerprint density at radius 2 is 1.79 bits per heavy atom. The first kappa shape index (κ1) is 27.7. The number of thioether (sulfide) groups is 1. The van der Waals surface area contributed by atoms with Crippen LogP contribution in [0.25, 0.3) is 10.9 Å². The van der Waals surface area contributed by atoms with E-state index in [1.54, 1.807) is 61.5 Å². The van der Waals surface area contributed by atoms with Crippen LogP contribution in [0.3, 0.4) is 0 Å². The van der Waals surface area contributed by atoms with E-state index in [1.807, 2.05) is 0 Å². The number of benzene rings is 3. The number of fused-ring (bicyclic) bond motifs is 1. The predicted octanol–water partition coefficient (Wildman–Crippen LogP) is 6.75. The standard InChI is InChI=1S/C27H23ClF3N3O3S/c1-16(15-37-2)34-25(36)19-10-6-7-11-21(19)33-26(34)38-23(17-8-4-3-5-9-17)24(35)32-22-14-18(27(29,30)31)12-13-20(22)28/h3-14,16,23H,15H2,1-2H3,(H,32,35). The molecule has 1 aromatic heterocycles. The number of hydrogen-bond acceptors (Lipinski definition) is 5. The molecule has 0 bridgehead atoms. The van der Waals surface area contributed by atoms with Crippen molar-refractivity contribution in [3.63, 3.8) is 0 Å². The van der Waals surface area contributed by atoms with Crippen molar-refractivity contribution in [1.82, 2.24) is 9.55 Å². The third-order valence-corrected chi connectivity index (χ3v) is 7.29. The first-order valence-electron chi connectivity index (χ1n) is 11.5. The fraction of sp³-hybridized carbons (Fsp3) is 0.222. The predicted molar refractivity (Wildman–Crippen MR) is 143 cm³/mol. The molecule has 0 aliphatic heterocycles. The lowest BCUT2D eigenvalue weighted by molar-refractivity contribution is -0.137. The molecule has 198 valence electrons. The molecule has 0 aliphatic rings. The molecule has 2 atom stereocenters. The van der Waals surface area contributed by atoms with Gasteiger partial charge in [0.2, 0.25) is 5.91 Å². The van der Waals surface area contributed by atoms with Gasteiger partial charge in [-0.25, -0.2) is 4.98 Å². The molecule has 0 saturated heterocycles. The highest BCUT2D eigenvalue weighted by Gasteiger charge is 2.32. The molecule has 1 N–H and O–H groups in total. The van der Waals surface area contributed by atoms with E-state index in [-0.39, 0.29) is 28.0 Å². The van der Waals surface area contributed by atoms with Crippen LogP contribution in [0.2, 0.25) is 5.02 Å². The van der Waals surface area contributed by atoms with Gasteiger partial charge < -0.3 is 10.1 Å². The summed E-state index contributed by atoms with van der Waals surface area (Å²) in [6.45, 7) is 2.01. The molecular formula is C27H23ClF3N3O3S. The molecule has 4 aromatic rings. The van der Waals surface area contributed by atoms with Crippen LogP contribution in [0.5, 0.6) is 0 Å². The Hall–Kier alpha value is -3.34. The van der Waals surface area contributed by atoms with Crippen LogP contribution in [-0.2, 0) is 15.7 Å². The van der Waals surface area contributed by atoms with Crippen LogP contribution < -0.4 is 10.9 Å². The number of methoxy groups -OCH3 is 1. The molecule has 1 amide bonds. The fourth-order valence-electron chi connectivity index (χ4n) is 3.91. The van der Waals surface area contributed by atoms with Crippen molar-refractivity contribution < 1.29 is 22.7 Å². The molecule has 1 heterocycles. The second kappa shape index (κ2) is 11.6. The topological polar surface area (TPSA) is 73.2 Å². The Morgan fingerprint density at radius 1 is 1.11 bits per heavy atom. The zero-order valence-corrected chi connectivity index (χ0v) is 21.9. The number of anilines is 1. The second-order valence-electron chi connectivity index (χ2n) is 8.48. The van der Waals surface area contributed by atoms with Gasteiger partial charge >= 0.3 is 6.18 Å². The maximum atomic E-state index is 13.6. The van der Waals surface area contributed by atoms with Gasteiger partial charge in [0.25, 0.3) is 5.56 Å². The minimum Gasteiger partial charge on any atom is -0.383 e. The average Bonchev–Trinajstić information content (AvgIpc) is 2.88. The van der Waals surface area contributed by atoms with Crippen LogP contribution in [0, 0.1) is 0 Å². The summed E-state index contributed by atoms with van der Waals surface area (Å²) < 4.78 is 46.6. The van der Waals surface area contributed by atoms with Crippen molar-refractivity contribution >= 4 is 45.9 Å². The van der Waals surface area contributed by atoms with Gasteiger partial charge in [-0.05, 0) is 42.8 Å². The van der Waals surface area contributed by atoms with Gasteiger partial charge in [0.05, 0.1) is 39.8 Å². The second-order valence-corrected chi connectivity index (χ2v) is 9.96. The number of para-hydroxylation sites is 1. The first-order valence-corrected chi connectivity index (χ1v) is 12.8. The van der Waals surface area contributed by atoms with Gasteiger partial charge in [0.15, 0.2) is 5.16 Å². The molecule has 11 heteroatoms. The number of nitrogens with zero attached hydrogens (tertiary/aromatic N) is 2. The van der Waals surface area contributed by atoms with Crippen molar-refractivity contribution in [1.29, 1.82) is 0 Å². The van der Waals surface area contributed by atoms with Gasteiger partial charge in [0.1, 0.15) is 5.25 Å². The van der Waals surface area contributed by atoms with Crippen molar-refractivity contribution in [2.45, 2.75) is 29.5 Å². The zero-order chi connectivity index (χ0) is 27.4. The largest absolute Gasteiger partial charge is 0.416 e. The lowest BCUT2D eigenvalue weighted by Crippen LogP contribution is -2.29.